The quantitative estimate of drug-likeness (QED) is 0.841. The minimum Gasteiger partial charge on any atom is -0.395 e. The maximum Gasteiger partial charge on any atom is 0.0533 e. The summed E-state index contributed by atoms with van der Waals surface area (Å²) >= 11 is 0. The van der Waals surface area contributed by atoms with E-state index in [-0.39, 0.29) is 17.4 Å². The maximum absolute atomic E-state index is 9.81. The van der Waals surface area contributed by atoms with Crippen molar-refractivity contribution >= 4 is 10.9 Å². The molecule has 2 nitrogen and oxygen atoms in total. The number of fused-ring (bicyclic) bond motifs is 1. The fourth-order valence-corrected chi connectivity index (χ4v) is 3.24. The smallest absolute Gasteiger partial charge is 0.0533 e. The number of benzene rings is 1. The highest BCUT2D eigenvalue weighted by Crippen LogP contribution is 2.64. The molecule has 1 aliphatic carbocycles. The number of nitrogens with zero attached hydrogens (tertiary/aromatic N) is 1. The molecular formula is C15H19NO. The monoisotopic (exact) mass is 229 g/mol. The van der Waals surface area contributed by atoms with E-state index in [4.69, 9.17) is 0 Å². The number of hydrogen-bond acceptors (Lipinski definition) is 1. The number of rotatable bonds is 2. The molecule has 2 heteroatoms. The normalized spacial score (nSPS) is 26.4. The van der Waals surface area contributed by atoms with Gasteiger partial charge in [0.25, 0.3) is 0 Å². The predicted octanol–water partition coefficient (Wildman–Crippen LogP) is 2.84. The molecule has 1 aliphatic rings. The molecule has 0 spiro atoms. The first kappa shape index (κ1) is 10.8. The second kappa shape index (κ2) is 3.14. The summed E-state index contributed by atoms with van der Waals surface area (Å²) in [5.74, 6) is 0. The van der Waals surface area contributed by atoms with Crippen LogP contribution in [-0.2, 0) is 12.5 Å². The average molecular weight is 229 g/mol. The third-order valence-corrected chi connectivity index (χ3v) is 4.63. The van der Waals surface area contributed by atoms with Crippen LogP contribution in [0.4, 0.5) is 0 Å². The summed E-state index contributed by atoms with van der Waals surface area (Å²) in [5.41, 5.74) is 2.74. The summed E-state index contributed by atoms with van der Waals surface area (Å²) in [5, 5.41) is 11.1. The van der Waals surface area contributed by atoms with Crippen molar-refractivity contribution in [2.45, 2.75) is 25.7 Å². The van der Waals surface area contributed by atoms with Crippen LogP contribution in [0.2, 0.25) is 0 Å². The molecule has 1 aromatic carbocycles. The van der Waals surface area contributed by atoms with Crippen LogP contribution in [0.1, 0.15) is 25.8 Å². The second-order valence-corrected chi connectivity index (χ2v) is 5.97. The van der Waals surface area contributed by atoms with Crippen LogP contribution in [0.5, 0.6) is 0 Å². The lowest BCUT2D eigenvalue weighted by Crippen LogP contribution is -2.19. The molecule has 0 radical (unpaired) electrons. The van der Waals surface area contributed by atoms with Gasteiger partial charge in [-0.1, -0.05) is 26.0 Å². The van der Waals surface area contributed by atoms with Crippen LogP contribution in [0.15, 0.2) is 30.5 Å². The largest absolute Gasteiger partial charge is 0.395 e. The molecule has 17 heavy (non-hydrogen) atoms. The van der Waals surface area contributed by atoms with E-state index in [1.807, 2.05) is 0 Å². The van der Waals surface area contributed by atoms with Gasteiger partial charge in [-0.25, -0.2) is 0 Å². The second-order valence-electron chi connectivity index (χ2n) is 5.97. The van der Waals surface area contributed by atoms with Crippen molar-refractivity contribution in [1.82, 2.24) is 4.57 Å². The molecule has 0 saturated heterocycles. The third kappa shape index (κ3) is 1.25. The molecule has 1 unspecified atom stereocenters. The van der Waals surface area contributed by atoms with Gasteiger partial charge in [0.15, 0.2) is 0 Å². The highest BCUT2D eigenvalue weighted by molar-refractivity contribution is 5.85. The first-order valence-corrected chi connectivity index (χ1v) is 6.17. The van der Waals surface area contributed by atoms with Gasteiger partial charge in [-0.05, 0) is 29.5 Å². The van der Waals surface area contributed by atoms with Gasteiger partial charge < -0.3 is 9.67 Å². The lowest BCUT2D eigenvalue weighted by Gasteiger charge is -2.19. The number of aryl methyl sites for hydroxylation is 1. The lowest BCUT2D eigenvalue weighted by atomic mass is 9.86. The molecule has 0 amide bonds. The van der Waals surface area contributed by atoms with Gasteiger partial charge in [-0.2, -0.15) is 0 Å². The van der Waals surface area contributed by atoms with Crippen molar-refractivity contribution in [2.24, 2.45) is 12.5 Å². The van der Waals surface area contributed by atoms with Gasteiger partial charge in [-0.3, -0.25) is 0 Å². The summed E-state index contributed by atoms with van der Waals surface area (Å²) < 4.78 is 2.14. The van der Waals surface area contributed by atoms with E-state index in [2.05, 4.69) is 55.9 Å². The molecule has 90 valence electrons. The Morgan fingerprint density at radius 3 is 2.59 bits per heavy atom. The zero-order valence-corrected chi connectivity index (χ0v) is 10.7. The standard InChI is InChI=1S/C15H19NO/c1-14(2)9-15(14,10-17)12-5-4-6-13-11(12)7-8-16(13)3/h4-8,17H,9-10H2,1-3H3. The van der Waals surface area contributed by atoms with Crippen molar-refractivity contribution in [1.29, 1.82) is 0 Å². The summed E-state index contributed by atoms with van der Waals surface area (Å²) in [4.78, 5) is 0. The molecule has 2 aromatic rings. The van der Waals surface area contributed by atoms with E-state index < -0.39 is 0 Å². The van der Waals surface area contributed by atoms with Gasteiger partial charge in [0.2, 0.25) is 0 Å². The zero-order chi connectivity index (χ0) is 12.3. The van der Waals surface area contributed by atoms with Gasteiger partial charge in [-0.15, -0.1) is 0 Å². The molecule has 1 aromatic heterocycles. The molecular weight excluding hydrogens is 210 g/mol. The Labute approximate surface area is 102 Å². The minimum atomic E-state index is -0.0339. The molecule has 1 saturated carbocycles. The first-order valence-electron chi connectivity index (χ1n) is 6.17. The molecule has 1 atom stereocenters. The Kier molecular flexibility index (Phi) is 2.00. The highest BCUT2D eigenvalue weighted by Gasteiger charge is 2.62. The van der Waals surface area contributed by atoms with E-state index in [9.17, 15) is 5.11 Å². The SMILES string of the molecule is Cn1ccc2c(C3(CO)CC3(C)C)cccc21. The van der Waals surface area contributed by atoms with Crippen LogP contribution in [0.25, 0.3) is 10.9 Å². The van der Waals surface area contributed by atoms with E-state index in [1.54, 1.807) is 0 Å². The zero-order valence-electron chi connectivity index (χ0n) is 10.7. The van der Waals surface area contributed by atoms with Crippen molar-refractivity contribution in [3.63, 3.8) is 0 Å². The van der Waals surface area contributed by atoms with Crippen molar-refractivity contribution in [2.75, 3.05) is 6.61 Å². The van der Waals surface area contributed by atoms with E-state index in [0.717, 1.165) is 6.42 Å². The van der Waals surface area contributed by atoms with Gasteiger partial charge in [0.05, 0.1) is 6.61 Å². The maximum atomic E-state index is 9.81. The van der Waals surface area contributed by atoms with Crippen LogP contribution in [0.3, 0.4) is 0 Å². The summed E-state index contributed by atoms with van der Waals surface area (Å²) in [6.45, 7) is 4.73. The van der Waals surface area contributed by atoms with Crippen molar-refractivity contribution in [3.8, 4) is 0 Å². The Morgan fingerprint density at radius 1 is 1.29 bits per heavy atom. The van der Waals surface area contributed by atoms with E-state index in [0.29, 0.717) is 0 Å². The van der Waals surface area contributed by atoms with Crippen LogP contribution in [0, 0.1) is 5.41 Å². The lowest BCUT2D eigenvalue weighted by molar-refractivity contribution is 0.232. The Balaban J connectivity index is 2.25. The Bertz CT molecular complexity index is 582. The Morgan fingerprint density at radius 2 is 2.00 bits per heavy atom. The summed E-state index contributed by atoms with van der Waals surface area (Å²) in [6.07, 6.45) is 3.17. The topological polar surface area (TPSA) is 25.2 Å². The average Bonchev–Trinajstić information content (AvgIpc) is 2.67. The summed E-state index contributed by atoms with van der Waals surface area (Å²) in [7, 11) is 2.07. The molecule has 1 fully saturated rings. The number of aliphatic hydroxyl groups is 1. The van der Waals surface area contributed by atoms with Crippen LogP contribution in [-0.4, -0.2) is 16.3 Å². The molecule has 3 rings (SSSR count). The number of aliphatic hydroxyl groups excluding tert-OH is 1. The highest BCUT2D eigenvalue weighted by atomic mass is 16.3. The molecule has 0 aliphatic heterocycles. The fraction of sp³-hybridized carbons (Fsp3) is 0.467. The van der Waals surface area contributed by atoms with Gasteiger partial charge in [0, 0.05) is 29.6 Å². The van der Waals surface area contributed by atoms with Crippen LogP contribution < -0.4 is 0 Å². The molecule has 0 bridgehead atoms. The molecule has 1 heterocycles. The predicted molar refractivity (Wildman–Crippen MR) is 70.1 cm³/mol. The van der Waals surface area contributed by atoms with Crippen molar-refractivity contribution in [3.05, 3.63) is 36.0 Å². The Hall–Kier alpha value is -1.28. The first-order chi connectivity index (χ1) is 8.02. The van der Waals surface area contributed by atoms with E-state index >= 15 is 0 Å². The van der Waals surface area contributed by atoms with Crippen LogP contribution >= 0.6 is 0 Å². The number of aromatic nitrogens is 1. The molecule has 1 N–H and O–H groups in total. The summed E-state index contributed by atoms with van der Waals surface area (Å²) in [6, 6.07) is 8.58. The number of hydrogen-bond donors (Lipinski definition) is 1. The van der Waals surface area contributed by atoms with E-state index in [1.165, 1.54) is 16.5 Å². The van der Waals surface area contributed by atoms with Crippen molar-refractivity contribution < 1.29 is 5.11 Å². The third-order valence-electron chi connectivity index (χ3n) is 4.63. The minimum absolute atomic E-state index is 0.0339. The fourth-order valence-electron chi connectivity index (χ4n) is 3.24. The van der Waals surface area contributed by atoms with Gasteiger partial charge >= 0.3 is 0 Å². The van der Waals surface area contributed by atoms with Gasteiger partial charge in [0.1, 0.15) is 0 Å².